The smallest absolute Gasteiger partial charge is 0.268 e. The van der Waals surface area contributed by atoms with Gasteiger partial charge in [-0.05, 0) is 50.6 Å². The number of nitrogens with one attached hydrogen (secondary N) is 2. The molecule has 0 radical (unpaired) electrons. The highest BCUT2D eigenvalue weighted by molar-refractivity contribution is 6.06. The van der Waals surface area contributed by atoms with Gasteiger partial charge in [0.2, 0.25) is 6.10 Å². The highest BCUT2D eigenvalue weighted by atomic mass is 16.6. The van der Waals surface area contributed by atoms with Crippen LogP contribution in [0.3, 0.4) is 0 Å². The molecule has 1 atom stereocenters. The summed E-state index contributed by atoms with van der Waals surface area (Å²) >= 11 is 0. The highest BCUT2D eigenvalue weighted by Gasteiger charge is 2.28. The van der Waals surface area contributed by atoms with Crippen molar-refractivity contribution in [1.29, 1.82) is 0 Å². The van der Waals surface area contributed by atoms with E-state index in [2.05, 4.69) is 15.8 Å². The van der Waals surface area contributed by atoms with E-state index < -0.39 is 6.10 Å². The van der Waals surface area contributed by atoms with Gasteiger partial charge in [0.15, 0.2) is 0 Å². The number of nitrogens with zero attached hydrogens (tertiary/aromatic N) is 1. The number of carbonyl (C=O) groups excluding carboxylic acids is 2. The quantitative estimate of drug-likeness (QED) is 0.872. The van der Waals surface area contributed by atoms with E-state index in [4.69, 9.17) is 4.84 Å². The Morgan fingerprint density at radius 3 is 2.33 bits per heavy atom. The molecule has 1 unspecified atom stereocenters. The summed E-state index contributed by atoms with van der Waals surface area (Å²) in [6.07, 6.45) is -0.244. The fraction of sp³-hybridized carbons (Fsp3) is 0.286. The average Bonchev–Trinajstić information content (AvgIpc) is 3.12. The monoisotopic (exact) mass is 365 g/mol. The van der Waals surface area contributed by atoms with Crippen molar-refractivity contribution in [3.8, 4) is 0 Å². The van der Waals surface area contributed by atoms with Crippen molar-refractivity contribution in [2.24, 2.45) is 5.16 Å². The maximum Gasteiger partial charge on any atom is 0.268 e. The van der Waals surface area contributed by atoms with Crippen LogP contribution < -0.4 is 10.6 Å². The first kappa shape index (κ1) is 18.6. The third-order valence-electron chi connectivity index (χ3n) is 3.97. The molecule has 0 aliphatic carbocycles. The SMILES string of the molecule is CC(C)(C)NC(=O)c1ccc(NC(=O)C2CC(c3ccccc3)=NO2)cc1. The summed E-state index contributed by atoms with van der Waals surface area (Å²) in [5.41, 5.74) is 2.53. The van der Waals surface area contributed by atoms with Gasteiger partial charge in [0.1, 0.15) is 0 Å². The van der Waals surface area contributed by atoms with E-state index in [-0.39, 0.29) is 17.4 Å². The van der Waals surface area contributed by atoms with E-state index in [9.17, 15) is 9.59 Å². The molecule has 140 valence electrons. The first-order valence-electron chi connectivity index (χ1n) is 8.83. The number of anilines is 1. The van der Waals surface area contributed by atoms with Crippen LogP contribution in [-0.2, 0) is 9.63 Å². The zero-order chi connectivity index (χ0) is 19.4. The molecule has 0 spiro atoms. The lowest BCUT2D eigenvalue weighted by Gasteiger charge is -2.20. The number of oxime groups is 1. The number of amides is 2. The Labute approximate surface area is 158 Å². The van der Waals surface area contributed by atoms with Crippen LogP contribution in [0, 0.1) is 0 Å². The lowest BCUT2D eigenvalue weighted by Crippen LogP contribution is -2.40. The molecule has 2 N–H and O–H groups in total. The van der Waals surface area contributed by atoms with E-state index in [1.54, 1.807) is 24.3 Å². The number of hydrogen-bond donors (Lipinski definition) is 2. The van der Waals surface area contributed by atoms with E-state index >= 15 is 0 Å². The number of carbonyl (C=O) groups is 2. The summed E-state index contributed by atoms with van der Waals surface area (Å²) in [5, 5.41) is 9.73. The maximum absolute atomic E-state index is 12.4. The lowest BCUT2D eigenvalue weighted by atomic mass is 10.0. The standard InChI is InChI=1S/C21H23N3O3/c1-21(2,3)23-19(25)15-9-11-16(12-10-15)22-20(26)18-13-17(24-27-18)14-7-5-4-6-8-14/h4-12,18H,13H2,1-3H3,(H,22,26)(H,23,25). The minimum Gasteiger partial charge on any atom is -0.382 e. The molecule has 1 aliphatic rings. The second-order valence-electron chi connectivity index (χ2n) is 7.47. The minimum atomic E-state index is -0.663. The van der Waals surface area contributed by atoms with Crippen molar-refractivity contribution in [2.45, 2.75) is 38.8 Å². The molecular formula is C21H23N3O3. The summed E-state index contributed by atoms with van der Waals surface area (Å²) in [4.78, 5) is 29.8. The maximum atomic E-state index is 12.4. The average molecular weight is 365 g/mol. The van der Waals surface area contributed by atoms with Crippen LogP contribution in [0.2, 0.25) is 0 Å². The van der Waals surface area contributed by atoms with Gasteiger partial charge in [-0.3, -0.25) is 9.59 Å². The Morgan fingerprint density at radius 1 is 1.04 bits per heavy atom. The Morgan fingerprint density at radius 2 is 1.70 bits per heavy atom. The van der Waals surface area contributed by atoms with E-state index in [1.807, 2.05) is 51.1 Å². The second-order valence-corrected chi connectivity index (χ2v) is 7.47. The molecule has 2 aromatic carbocycles. The number of benzene rings is 2. The molecule has 0 saturated heterocycles. The molecule has 2 amide bonds. The third-order valence-corrected chi connectivity index (χ3v) is 3.97. The van der Waals surface area contributed by atoms with Crippen molar-refractivity contribution >= 4 is 23.2 Å². The van der Waals surface area contributed by atoms with Crippen LogP contribution in [0.5, 0.6) is 0 Å². The molecule has 1 aliphatic heterocycles. The van der Waals surface area contributed by atoms with Crippen LogP contribution in [-0.4, -0.2) is 29.2 Å². The third kappa shape index (κ3) is 4.94. The molecule has 0 saturated carbocycles. The molecule has 0 bridgehead atoms. The predicted molar refractivity (Wildman–Crippen MR) is 105 cm³/mol. The van der Waals surface area contributed by atoms with Gasteiger partial charge >= 0.3 is 0 Å². The minimum absolute atomic E-state index is 0.152. The largest absolute Gasteiger partial charge is 0.382 e. The van der Waals surface area contributed by atoms with Crippen molar-refractivity contribution in [3.05, 3.63) is 65.7 Å². The molecule has 0 aromatic heterocycles. The molecule has 27 heavy (non-hydrogen) atoms. The fourth-order valence-electron chi connectivity index (χ4n) is 2.66. The second kappa shape index (κ2) is 7.61. The number of hydrogen-bond acceptors (Lipinski definition) is 4. The molecule has 6 nitrogen and oxygen atoms in total. The fourth-order valence-corrected chi connectivity index (χ4v) is 2.66. The summed E-state index contributed by atoms with van der Waals surface area (Å²) in [5.74, 6) is -0.419. The van der Waals surface area contributed by atoms with Crippen LogP contribution >= 0.6 is 0 Å². The van der Waals surface area contributed by atoms with E-state index in [0.717, 1.165) is 11.3 Å². The van der Waals surface area contributed by atoms with Crippen LogP contribution in [0.4, 0.5) is 5.69 Å². The van der Waals surface area contributed by atoms with E-state index in [0.29, 0.717) is 17.7 Å². The lowest BCUT2D eigenvalue weighted by molar-refractivity contribution is -0.125. The first-order chi connectivity index (χ1) is 12.8. The van der Waals surface area contributed by atoms with Gasteiger partial charge in [0.25, 0.3) is 11.8 Å². The van der Waals surface area contributed by atoms with Crippen LogP contribution in [0.1, 0.15) is 43.1 Å². The molecule has 2 aromatic rings. The van der Waals surface area contributed by atoms with Gasteiger partial charge in [-0.25, -0.2) is 0 Å². The van der Waals surface area contributed by atoms with Gasteiger partial charge in [0, 0.05) is 23.2 Å². The summed E-state index contributed by atoms with van der Waals surface area (Å²) in [7, 11) is 0. The van der Waals surface area contributed by atoms with Crippen molar-refractivity contribution in [2.75, 3.05) is 5.32 Å². The molecule has 6 heteroatoms. The topological polar surface area (TPSA) is 79.8 Å². The van der Waals surface area contributed by atoms with Crippen molar-refractivity contribution in [1.82, 2.24) is 5.32 Å². The molecule has 3 rings (SSSR count). The van der Waals surface area contributed by atoms with Gasteiger partial charge < -0.3 is 15.5 Å². The zero-order valence-electron chi connectivity index (χ0n) is 15.7. The summed E-state index contributed by atoms with van der Waals surface area (Å²) in [6, 6.07) is 16.4. The van der Waals surface area contributed by atoms with Gasteiger partial charge in [-0.1, -0.05) is 35.5 Å². The van der Waals surface area contributed by atoms with Gasteiger partial charge in [-0.15, -0.1) is 0 Å². The summed E-state index contributed by atoms with van der Waals surface area (Å²) < 4.78 is 0. The van der Waals surface area contributed by atoms with Crippen LogP contribution in [0.15, 0.2) is 59.8 Å². The zero-order valence-corrected chi connectivity index (χ0v) is 15.7. The Hall–Kier alpha value is -3.15. The molecule has 1 heterocycles. The number of rotatable bonds is 4. The Kier molecular flexibility index (Phi) is 5.26. The normalized spacial score (nSPS) is 16.3. The highest BCUT2D eigenvalue weighted by Crippen LogP contribution is 2.19. The summed E-state index contributed by atoms with van der Waals surface area (Å²) in [6.45, 7) is 5.77. The van der Waals surface area contributed by atoms with E-state index in [1.165, 1.54) is 0 Å². The van der Waals surface area contributed by atoms with Crippen molar-refractivity contribution < 1.29 is 14.4 Å². The molecular weight excluding hydrogens is 342 g/mol. The van der Waals surface area contributed by atoms with Gasteiger partial charge in [-0.2, -0.15) is 0 Å². The van der Waals surface area contributed by atoms with Crippen molar-refractivity contribution in [3.63, 3.8) is 0 Å². The molecule has 0 fully saturated rings. The predicted octanol–water partition coefficient (Wildman–Crippen LogP) is 3.35. The Balaban J connectivity index is 1.57. The van der Waals surface area contributed by atoms with Gasteiger partial charge in [0.05, 0.1) is 5.71 Å². The van der Waals surface area contributed by atoms with Crippen LogP contribution in [0.25, 0.3) is 0 Å². The first-order valence-corrected chi connectivity index (χ1v) is 8.83. The Bertz CT molecular complexity index is 852.